The molecule has 204 valence electrons. The van der Waals surface area contributed by atoms with Crippen molar-refractivity contribution in [3.8, 4) is 5.75 Å². The number of amides is 4. The van der Waals surface area contributed by atoms with E-state index >= 15 is 0 Å². The molecule has 2 heterocycles. The molecule has 0 bridgehead atoms. The van der Waals surface area contributed by atoms with Gasteiger partial charge in [0.05, 0.1) is 11.0 Å². The van der Waals surface area contributed by atoms with E-state index in [1.807, 2.05) is 5.32 Å². The van der Waals surface area contributed by atoms with E-state index in [2.05, 4.69) is 10.1 Å². The van der Waals surface area contributed by atoms with Crippen LogP contribution in [0.25, 0.3) is 0 Å². The number of nitrogens with one attached hydrogen (secondary N) is 2. The lowest BCUT2D eigenvalue weighted by atomic mass is 9.70. The Hall–Kier alpha value is -4.04. The van der Waals surface area contributed by atoms with E-state index in [1.165, 1.54) is 18.2 Å². The molecule has 4 rings (SSSR count). The standard InChI is InChI=1S/C24H18BF6N3O5/c25-22(6-5-18(35)33-20(22)37)34-10-13-7-12(1-3-15(13)19(34)36)9-32-21(38)24(30,31)16-4-2-14(26)8-17(16)39-11-23(27,28)29/h1-4,7-8H,5-6,9-11H2,(H,32,38)(H,33,35,37). The first kappa shape index (κ1) is 28.0. The third kappa shape index (κ3) is 5.57. The van der Waals surface area contributed by atoms with E-state index in [0.29, 0.717) is 23.8 Å². The van der Waals surface area contributed by atoms with Crippen LogP contribution in [-0.4, -0.2) is 54.6 Å². The van der Waals surface area contributed by atoms with Gasteiger partial charge in [0.15, 0.2) is 6.61 Å². The van der Waals surface area contributed by atoms with Crippen LogP contribution >= 0.6 is 0 Å². The summed E-state index contributed by atoms with van der Waals surface area (Å²) in [5.41, 5.74) is -2.20. The number of rotatable bonds is 7. The molecule has 2 aliphatic heterocycles. The van der Waals surface area contributed by atoms with Crippen molar-refractivity contribution in [1.82, 2.24) is 15.5 Å². The second kappa shape index (κ2) is 9.93. The summed E-state index contributed by atoms with van der Waals surface area (Å²) in [5.74, 6) is -10.5. The van der Waals surface area contributed by atoms with Crippen LogP contribution in [0.15, 0.2) is 36.4 Å². The summed E-state index contributed by atoms with van der Waals surface area (Å²) in [6.45, 7) is -2.58. The Labute approximate surface area is 218 Å². The van der Waals surface area contributed by atoms with Gasteiger partial charge >= 0.3 is 12.1 Å². The summed E-state index contributed by atoms with van der Waals surface area (Å²) >= 11 is 0. The molecule has 1 fully saturated rings. The third-order valence-corrected chi connectivity index (χ3v) is 6.25. The van der Waals surface area contributed by atoms with Gasteiger partial charge in [0.1, 0.15) is 19.4 Å². The van der Waals surface area contributed by atoms with Crippen LogP contribution in [0, 0.1) is 5.82 Å². The molecule has 15 heteroatoms. The van der Waals surface area contributed by atoms with E-state index < -0.39 is 71.4 Å². The van der Waals surface area contributed by atoms with E-state index in [1.54, 1.807) is 0 Å². The molecule has 1 atom stereocenters. The molecule has 0 aliphatic carbocycles. The minimum atomic E-state index is -4.90. The molecule has 4 amide bonds. The summed E-state index contributed by atoms with van der Waals surface area (Å²) in [5, 5.41) is 4.05. The smallest absolute Gasteiger partial charge is 0.422 e. The fraction of sp³-hybridized carbons (Fsp3) is 0.333. The van der Waals surface area contributed by atoms with Crippen LogP contribution in [0.1, 0.15) is 39.9 Å². The van der Waals surface area contributed by atoms with Crippen molar-refractivity contribution >= 4 is 31.5 Å². The lowest BCUT2D eigenvalue weighted by Gasteiger charge is -2.40. The van der Waals surface area contributed by atoms with E-state index in [0.717, 1.165) is 4.90 Å². The fourth-order valence-electron chi connectivity index (χ4n) is 4.23. The number of imide groups is 1. The monoisotopic (exact) mass is 553 g/mol. The van der Waals surface area contributed by atoms with Crippen LogP contribution in [0.5, 0.6) is 5.75 Å². The molecule has 1 saturated heterocycles. The van der Waals surface area contributed by atoms with Crippen LogP contribution in [0.4, 0.5) is 26.3 Å². The highest BCUT2D eigenvalue weighted by Crippen LogP contribution is 2.37. The zero-order valence-electron chi connectivity index (χ0n) is 19.8. The predicted octanol–water partition coefficient (Wildman–Crippen LogP) is 2.43. The highest BCUT2D eigenvalue weighted by atomic mass is 19.4. The molecule has 2 aromatic carbocycles. The Bertz CT molecular complexity index is 1370. The molecular formula is C24H18BF6N3O5. The quantitative estimate of drug-likeness (QED) is 0.312. The summed E-state index contributed by atoms with van der Waals surface area (Å²) in [6.07, 6.45) is -5.08. The zero-order chi connectivity index (χ0) is 28.8. The number of halogens is 6. The predicted molar refractivity (Wildman–Crippen MR) is 121 cm³/mol. The van der Waals surface area contributed by atoms with Crippen molar-refractivity contribution in [3.05, 3.63) is 64.5 Å². The molecule has 1 unspecified atom stereocenters. The van der Waals surface area contributed by atoms with Crippen molar-refractivity contribution in [2.45, 2.75) is 43.5 Å². The van der Waals surface area contributed by atoms with Gasteiger partial charge in [0, 0.05) is 31.1 Å². The number of alkyl halides is 5. The van der Waals surface area contributed by atoms with Gasteiger partial charge < -0.3 is 15.0 Å². The van der Waals surface area contributed by atoms with Crippen molar-refractivity contribution < 1.29 is 50.3 Å². The zero-order valence-corrected chi connectivity index (χ0v) is 19.8. The van der Waals surface area contributed by atoms with E-state index in [-0.39, 0.29) is 30.5 Å². The number of benzene rings is 2. The summed E-state index contributed by atoms with van der Waals surface area (Å²) in [6, 6.07) is 5.47. The number of ether oxygens (including phenoxy) is 1. The first-order valence-corrected chi connectivity index (χ1v) is 11.3. The molecule has 2 aromatic rings. The number of hydrogen-bond donors (Lipinski definition) is 2. The van der Waals surface area contributed by atoms with Gasteiger partial charge in [0.2, 0.25) is 11.8 Å². The van der Waals surface area contributed by atoms with Gasteiger partial charge in [-0.05, 0) is 35.7 Å². The van der Waals surface area contributed by atoms with Gasteiger partial charge in [-0.3, -0.25) is 24.5 Å². The lowest BCUT2D eigenvalue weighted by Crippen LogP contribution is -2.63. The molecule has 0 aromatic heterocycles. The molecule has 2 radical (unpaired) electrons. The first-order chi connectivity index (χ1) is 18.1. The van der Waals surface area contributed by atoms with Crippen LogP contribution in [0.2, 0.25) is 0 Å². The minimum Gasteiger partial charge on any atom is -0.483 e. The Morgan fingerprint density at radius 2 is 1.82 bits per heavy atom. The second-order valence-corrected chi connectivity index (χ2v) is 8.99. The van der Waals surface area contributed by atoms with Crippen molar-refractivity contribution in [3.63, 3.8) is 0 Å². The average molecular weight is 553 g/mol. The maximum atomic E-state index is 14.9. The normalized spacial score (nSPS) is 19.5. The second-order valence-electron chi connectivity index (χ2n) is 8.99. The number of piperidine rings is 1. The molecule has 2 aliphatic rings. The third-order valence-electron chi connectivity index (χ3n) is 6.25. The van der Waals surface area contributed by atoms with Crippen LogP contribution in [0.3, 0.4) is 0 Å². The molecule has 8 nitrogen and oxygen atoms in total. The SMILES string of the molecule is [B]C1(N2Cc3cc(CNC(=O)C(F)(F)c4ccc(F)cc4OCC(F)(F)F)ccc3C2=O)CCC(=O)NC1=O. The highest BCUT2D eigenvalue weighted by molar-refractivity contribution is 6.32. The van der Waals surface area contributed by atoms with Crippen molar-refractivity contribution in [1.29, 1.82) is 0 Å². The molecule has 2 N–H and O–H groups in total. The number of carbonyl (C=O) groups excluding carboxylic acids is 4. The highest BCUT2D eigenvalue weighted by Gasteiger charge is 2.48. The Kier molecular flexibility index (Phi) is 7.13. The lowest BCUT2D eigenvalue weighted by molar-refractivity contribution is -0.155. The maximum Gasteiger partial charge on any atom is 0.422 e. The Balaban J connectivity index is 1.47. The summed E-state index contributed by atoms with van der Waals surface area (Å²) in [4.78, 5) is 50.1. The summed E-state index contributed by atoms with van der Waals surface area (Å²) < 4.78 is 85.0. The Morgan fingerprint density at radius 1 is 1.10 bits per heavy atom. The number of carbonyl (C=O) groups is 4. The minimum absolute atomic E-state index is 0.0785. The van der Waals surface area contributed by atoms with Gasteiger partial charge in [-0.25, -0.2) is 4.39 Å². The van der Waals surface area contributed by atoms with Crippen molar-refractivity contribution in [2.75, 3.05) is 6.61 Å². The van der Waals surface area contributed by atoms with Gasteiger partial charge in [-0.2, -0.15) is 22.0 Å². The first-order valence-electron chi connectivity index (χ1n) is 11.3. The number of nitrogens with zero attached hydrogens (tertiary/aromatic N) is 1. The maximum absolute atomic E-state index is 14.9. The topological polar surface area (TPSA) is 105 Å². The van der Waals surface area contributed by atoms with Crippen LogP contribution in [-0.2, 0) is 33.4 Å². The summed E-state index contributed by atoms with van der Waals surface area (Å²) in [7, 11) is 6.15. The number of fused-ring (bicyclic) bond motifs is 1. The average Bonchev–Trinajstić information content (AvgIpc) is 3.19. The Morgan fingerprint density at radius 3 is 2.49 bits per heavy atom. The van der Waals surface area contributed by atoms with Gasteiger partial charge in [-0.15, -0.1) is 0 Å². The number of hydrogen-bond acceptors (Lipinski definition) is 5. The molecular weight excluding hydrogens is 535 g/mol. The van der Waals surface area contributed by atoms with Crippen LogP contribution < -0.4 is 15.4 Å². The van der Waals surface area contributed by atoms with Gasteiger partial charge in [-0.1, -0.05) is 12.1 Å². The molecule has 0 spiro atoms. The van der Waals surface area contributed by atoms with E-state index in [9.17, 15) is 45.5 Å². The van der Waals surface area contributed by atoms with E-state index in [4.69, 9.17) is 7.85 Å². The molecule has 0 saturated carbocycles. The van der Waals surface area contributed by atoms with Crippen molar-refractivity contribution in [2.24, 2.45) is 0 Å². The molecule has 39 heavy (non-hydrogen) atoms. The fourth-order valence-corrected chi connectivity index (χ4v) is 4.23. The van der Waals surface area contributed by atoms with Gasteiger partial charge in [0.25, 0.3) is 11.8 Å². The largest absolute Gasteiger partial charge is 0.483 e.